The van der Waals surface area contributed by atoms with Gasteiger partial charge in [-0.15, -0.1) is 0 Å². The molecule has 0 heterocycles. The zero-order chi connectivity index (χ0) is 16.9. The van der Waals surface area contributed by atoms with Gasteiger partial charge in [0.15, 0.2) is 0 Å². The number of anilines is 1. The van der Waals surface area contributed by atoms with Gasteiger partial charge in [0, 0.05) is 0 Å². The molecule has 120 valence electrons. The first-order valence-electron chi connectivity index (χ1n) is 7.25. The lowest BCUT2D eigenvalue weighted by Crippen LogP contribution is -2.37. The zero-order valence-electron chi connectivity index (χ0n) is 12.8. The van der Waals surface area contributed by atoms with Gasteiger partial charge in [0.05, 0.1) is 34.9 Å². The number of nitriles is 1. The summed E-state index contributed by atoms with van der Waals surface area (Å²) in [7, 11) is -3.87. The molecule has 2 aromatic carbocycles. The maximum atomic E-state index is 13.0. The normalized spacial score (nSPS) is 12.4. The van der Waals surface area contributed by atoms with Crippen LogP contribution in [0, 0.1) is 11.3 Å². The standard InChI is InChI=1S/C17H18N2O3S/c1-2-16(20)13-19(15-8-4-3-5-9-15)23(21,22)17-10-6-7-14(11-17)12-18/h3-11,16,20H,2,13H2,1H3/t16-/m1/s1. The van der Waals surface area contributed by atoms with Crippen molar-refractivity contribution in [3.05, 3.63) is 60.2 Å². The van der Waals surface area contributed by atoms with Gasteiger partial charge in [-0.1, -0.05) is 31.2 Å². The maximum Gasteiger partial charge on any atom is 0.264 e. The predicted octanol–water partition coefficient (Wildman–Crippen LogP) is 2.52. The molecule has 5 nitrogen and oxygen atoms in total. The summed E-state index contributed by atoms with van der Waals surface area (Å²) in [5, 5.41) is 18.9. The Labute approximate surface area is 136 Å². The SMILES string of the molecule is CC[C@@H](O)CN(c1ccccc1)S(=O)(=O)c1cccc(C#N)c1. The van der Waals surface area contributed by atoms with Gasteiger partial charge in [-0.3, -0.25) is 4.31 Å². The number of aliphatic hydroxyl groups excluding tert-OH is 1. The van der Waals surface area contributed by atoms with Gasteiger partial charge in [-0.2, -0.15) is 5.26 Å². The van der Waals surface area contributed by atoms with E-state index in [1.165, 1.54) is 22.5 Å². The van der Waals surface area contributed by atoms with Crippen LogP contribution >= 0.6 is 0 Å². The summed E-state index contributed by atoms with van der Waals surface area (Å²) >= 11 is 0. The van der Waals surface area contributed by atoms with Gasteiger partial charge in [0.2, 0.25) is 0 Å². The number of sulfonamides is 1. The van der Waals surface area contributed by atoms with Crippen LogP contribution in [0.4, 0.5) is 5.69 Å². The van der Waals surface area contributed by atoms with E-state index in [0.29, 0.717) is 12.1 Å². The number of benzene rings is 2. The van der Waals surface area contributed by atoms with E-state index in [1.807, 2.05) is 6.07 Å². The highest BCUT2D eigenvalue weighted by molar-refractivity contribution is 7.92. The van der Waals surface area contributed by atoms with Crippen molar-refractivity contribution in [1.82, 2.24) is 0 Å². The number of rotatable bonds is 6. The Morgan fingerprint density at radius 2 is 1.87 bits per heavy atom. The monoisotopic (exact) mass is 330 g/mol. The number of para-hydroxylation sites is 1. The molecule has 0 bridgehead atoms. The summed E-state index contributed by atoms with van der Waals surface area (Å²) in [6, 6.07) is 16.4. The Morgan fingerprint density at radius 1 is 1.17 bits per heavy atom. The minimum Gasteiger partial charge on any atom is -0.391 e. The number of nitrogens with zero attached hydrogens (tertiary/aromatic N) is 2. The van der Waals surface area contributed by atoms with Gasteiger partial charge in [-0.25, -0.2) is 8.42 Å². The smallest absolute Gasteiger partial charge is 0.264 e. The predicted molar refractivity (Wildman–Crippen MR) is 88.4 cm³/mol. The third-order valence-corrected chi connectivity index (χ3v) is 5.23. The topological polar surface area (TPSA) is 81.4 Å². The average Bonchev–Trinajstić information content (AvgIpc) is 2.60. The fourth-order valence-corrected chi connectivity index (χ4v) is 3.66. The van der Waals surface area contributed by atoms with E-state index >= 15 is 0 Å². The van der Waals surface area contributed by atoms with E-state index in [1.54, 1.807) is 43.3 Å². The third kappa shape index (κ3) is 3.89. The van der Waals surface area contributed by atoms with Crippen LogP contribution in [0.5, 0.6) is 0 Å². The van der Waals surface area contributed by atoms with Crippen LogP contribution in [0.3, 0.4) is 0 Å². The number of aliphatic hydroxyl groups is 1. The van der Waals surface area contributed by atoms with Crippen LogP contribution < -0.4 is 4.31 Å². The molecule has 0 spiro atoms. The van der Waals surface area contributed by atoms with Crippen molar-refractivity contribution in [2.45, 2.75) is 24.3 Å². The molecule has 1 N–H and O–H groups in total. The van der Waals surface area contributed by atoms with Crippen LogP contribution in [0.2, 0.25) is 0 Å². The van der Waals surface area contributed by atoms with E-state index in [9.17, 15) is 13.5 Å². The van der Waals surface area contributed by atoms with E-state index in [-0.39, 0.29) is 17.0 Å². The lowest BCUT2D eigenvalue weighted by Gasteiger charge is -2.26. The molecule has 1 atom stereocenters. The molecule has 23 heavy (non-hydrogen) atoms. The highest BCUT2D eigenvalue weighted by Gasteiger charge is 2.26. The molecule has 0 unspecified atom stereocenters. The fourth-order valence-electron chi connectivity index (χ4n) is 2.11. The second-order valence-corrected chi connectivity index (χ2v) is 6.94. The Bertz CT molecular complexity index is 798. The van der Waals surface area contributed by atoms with Gasteiger partial charge in [0.1, 0.15) is 0 Å². The first-order valence-corrected chi connectivity index (χ1v) is 8.69. The molecule has 0 aliphatic heterocycles. The van der Waals surface area contributed by atoms with Crippen LogP contribution in [0.25, 0.3) is 0 Å². The average molecular weight is 330 g/mol. The number of hydrogen-bond donors (Lipinski definition) is 1. The summed E-state index contributed by atoms with van der Waals surface area (Å²) in [5.74, 6) is 0. The molecule has 0 fully saturated rings. The summed E-state index contributed by atoms with van der Waals surface area (Å²) in [5.41, 5.74) is 0.748. The van der Waals surface area contributed by atoms with Crippen molar-refractivity contribution in [1.29, 1.82) is 5.26 Å². The van der Waals surface area contributed by atoms with E-state index in [4.69, 9.17) is 5.26 Å². The van der Waals surface area contributed by atoms with E-state index in [0.717, 1.165) is 0 Å². The first kappa shape index (κ1) is 17.0. The Hall–Kier alpha value is -2.36. The van der Waals surface area contributed by atoms with E-state index < -0.39 is 16.1 Å². The van der Waals surface area contributed by atoms with Gasteiger partial charge in [0.25, 0.3) is 10.0 Å². The van der Waals surface area contributed by atoms with Gasteiger partial charge < -0.3 is 5.11 Å². The second kappa shape index (κ2) is 7.27. The minimum atomic E-state index is -3.87. The van der Waals surface area contributed by atoms with Gasteiger partial charge in [-0.05, 0) is 36.8 Å². The summed E-state index contributed by atoms with van der Waals surface area (Å²) in [4.78, 5) is 0.0312. The summed E-state index contributed by atoms with van der Waals surface area (Å²) in [6.07, 6.45) is -0.332. The molecule has 2 aromatic rings. The molecule has 0 aliphatic rings. The second-order valence-electron chi connectivity index (χ2n) is 5.07. The van der Waals surface area contributed by atoms with Crippen molar-refractivity contribution in [3.8, 4) is 6.07 Å². The lowest BCUT2D eigenvalue weighted by molar-refractivity contribution is 0.179. The van der Waals surface area contributed by atoms with Crippen LogP contribution in [0.15, 0.2) is 59.5 Å². The van der Waals surface area contributed by atoms with Crippen molar-refractivity contribution < 1.29 is 13.5 Å². The molecule has 0 radical (unpaired) electrons. The first-order chi connectivity index (χ1) is 11.0. The minimum absolute atomic E-state index is 0.0312. The summed E-state index contributed by atoms with van der Waals surface area (Å²) in [6.45, 7) is 1.75. The highest BCUT2D eigenvalue weighted by atomic mass is 32.2. The largest absolute Gasteiger partial charge is 0.391 e. The Morgan fingerprint density at radius 3 is 2.48 bits per heavy atom. The highest BCUT2D eigenvalue weighted by Crippen LogP contribution is 2.24. The molecule has 0 saturated heterocycles. The molecule has 0 aliphatic carbocycles. The third-order valence-electron chi connectivity index (χ3n) is 3.44. The van der Waals surface area contributed by atoms with Gasteiger partial charge >= 0.3 is 0 Å². The Kier molecular flexibility index (Phi) is 5.37. The Balaban J connectivity index is 2.50. The lowest BCUT2D eigenvalue weighted by atomic mass is 10.2. The van der Waals surface area contributed by atoms with Crippen LogP contribution in [-0.2, 0) is 10.0 Å². The fraction of sp³-hybridized carbons (Fsp3) is 0.235. The number of hydrogen-bond acceptors (Lipinski definition) is 4. The van der Waals surface area contributed by atoms with E-state index in [2.05, 4.69) is 0 Å². The molecular formula is C17H18N2O3S. The van der Waals surface area contributed by atoms with Crippen LogP contribution in [0.1, 0.15) is 18.9 Å². The van der Waals surface area contributed by atoms with Crippen molar-refractivity contribution in [2.75, 3.05) is 10.8 Å². The van der Waals surface area contributed by atoms with Crippen molar-refractivity contribution in [2.24, 2.45) is 0 Å². The molecule has 2 rings (SSSR count). The molecular weight excluding hydrogens is 312 g/mol. The summed E-state index contributed by atoms with van der Waals surface area (Å²) < 4.78 is 27.1. The van der Waals surface area contributed by atoms with Crippen LogP contribution in [-0.4, -0.2) is 26.2 Å². The zero-order valence-corrected chi connectivity index (χ0v) is 13.6. The maximum absolute atomic E-state index is 13.0. The van der Waals surface area contributed by atoms with Crippen molar-refractivity contribution in [3.63, 3.8) is 0 Å². The quantitative estimate of drug-likeness (QED) is 0.882. The molecule has 6 heteroatoms. The molecule has 0 amide bonds. The molecule has 0 saturated carbocycles. The van der Waals surface area contributed by atoms with Crippen molar-refractivity contribution >= 4 is 15.7 Å². The molecule has 0 aromatic heterocycles.